The van der Waals surface area contributed by atoms with Gasteiger partial charge in [-0.2, -0.15) is 0 Å². The minimum absolute atomic E-state index is 0.161. The Morgan fingerprint density at radius 3 is 2.81 bits per heavy atom. The van der Waals surface area contributed by atoms with E-state index in [-0.39, 0.29) is 12.0 Å². The van der Waals surface area contributed by atoms with Crippen LogP contribution in [0, 0.1) is 11.8 Å². The lowest BCUT2D eigenvalue weighted by Gasteiger charge is -2.35. The van der Waals surface area contributed by atoms with Crippen LogP contribution in [0.3, 0.4) is 0 Å². The summed E-state index contributed by atoms with van der Waals surface area (Å²) in [5.41, 5.74) is 2.11. The number of nitrogens with zero attached hydrogens (tertiary/aromatic N) is 4. The molecule has 5 rings (SSSR count). The fourth-order valence-corrected chi connectivity index (χ4v) is 5.94. The minimum Gasteiger partial charge on any atom is -0.376 e. The first-order valence-electron chi connectivity index (χ1n) is 11.6. The maximum atomic E-state index is 12.9. The van der Waals surface area contributed by atoms with E-state index in [0.29, 0.717) is 24.1 Å². The SMILES string of the molecule is CC1CC(C)CN(C(=O)CSc2nnc(-c3c[nH]c4ccccc34)n2CC2CCCO2)C1. The van der Waals surface area contributed by atoms with Crippen molar-refractivity contribution in [2.75, 3.05) is 25.4 Å². The standard InChI is InChI=1S/C24H31N5O2S/c1-16-10-17(2)13-28(12-16)22(30)15-32-24-27-26-23(29(24)14-18-6-5-9-31-18)20-11-25-21-8-4-3-7-19(20)21/h3-4,7-8,11,16-18,25H,5-6,9-10,12-15H2,1-2H3. The zero-order chi connectivity index (χ0) is 22.1. The third-order valence-electron chi connectivity index (χ3n) is 6.50. The topological polar surface area (TPSA) is 76.0 Å². The van der Waals surface area contributed by atoms with E-state index in [0.717, 1.165) is 60.0 Å². The molecule has 3 aromatic rings. The monoisotopic (exact) mass is 453 g/mol. The van der Waals surface area contributed by atoms with E-state index in [4.69, 9.17) is 4.74 Å². The fourth-order valence-electron chi connectivity index (χ4n) is 5.09. The largest absolute Gasteiger partial charge is 0.376 e. The molecule has 2 saturated heterocycles. The molecule has 0 saturated carbocycles. The van der Waals surface area contributed by atoms with Crippen molar-refractivity contribution < 1.29 is 9.53 Å². The Labute approximate surface area is 192 Å². The van der Waals surface area contributed by atoms with Gasteiger partial charge in [-0.15, -0.1) is 10.2 Å². The second-order valence-electron chi connectivity index (χ2n) is 9.33. The Kier molecular flexibility index (Phi) is 6.24. The highest BCUT2D eigenvalue weighted by atomic mass is 32.2. The highest BCUT2D eigenvalue weighted by Gasteiger charge is 2.27. The molecule has 2 aliphatic heterocycles. The summed E-state index contributed by atoms with van der Waals surface area (Å²) < 4.78 is 8.06. The average Bonchev–Trinajstić information content (AvgIpc) is 3.52. The molecule has 1 N–H and O–H groups in total. The maximum absolute atomic E-state index is 12.9. The first-order valence-corrected chi connectivity index (χ1v) is 12.6. The normalized spacial score (nSPS) is 23.8. The molecular formula is C24H31N5O2S. The van der Waals surface area contributed by atoms with Gasteiger partial charge in [-0.1, -0.05) is 43.8 Å². The number of hydrogen-bond acceptors (Lipinski definition) is 5. The Morgan fingerprint density at radius 1 is 1.22 bits per heavy atom. The third-order valence-corrected chi connectivity index (χ3v) is 7.46. The van der Waals surface area contributed by atoms with Gasteiger partial charge in [0, 0.05) is 42.4 Å². The molecule has 170 valence electrons. The number of likely N-dealkylation sites (tertiary alicyclic amines) is 1. The zero-order valence-electron chi connectivity index (χ0n) is 18.8. The fraction of sp³-hybridized carbons (Fsp3) is 0.542. The number of para-hydroxylation sites is 1. The predicted molar refractivity (Wildman–Crippen MR) is 127 cm³/mol. The Hall–Kier alpha value is -2.32. The highest BCUT2D eigenvalue weighted by Crippen LogP contribution is 2.31. The van der Waals surface area contributed by atoms with Crippen molar-refractivity contribution in [2.45, 2.75) is 50.9 Å². The number of ether oxygens (including phenoxy) is 1. The number of aromatic amines is 1. The molecular weight excluding hydrogens is 422 g/mol. The molecule has 3 unspecified atom stereocenters. The number of hydrogen-bond donors (Lipinski definition) is 1. The molecule has 0 spiro atoms. The van der Waals surface area contributed by atoms with Crippen LogP contribution in [0.4, 0.5) is 0 Å². The van der Waals surface area contributed by atoms with E-state index >= 15 is 0 Å². The minimum atomic E-state index is 0.161. The van der Waals surface area contributed by atoms with Gasteiger partial charge in [-0.05, 0) is 37.2 Å². The molecule has 32 heavy (non-hydrogen) atoms. The van der Waals surface area contributed by atoms with Crippen molar-refractivity contribution in [2.24, 2.45) is 11.8 Å². The number of carbonyl (C=O) groups excluding carboxylic acids is 1. The van der Waals surface area contributed by atoms with E-state index in [1.54, 1.807) is 0 Å². The van der Waals surface area contributed by atoms with Gasteiger partial charge in [0.2, 0.25) is 5.91 Å². The molecule has 8 heteroatoms. The average molecular weight is 454 g/mol. The van der Waals surface area contributed by atoms with Crippen molar-refractivity contribution in [3.63, 3.8) is 0 Å². The number of carbonyl (C=O) groups is 1. The number of amides is 1. The van der Waals surface area contributed by atoms with E-state index in [9.17, 15) is 4.79 Å². The number of thioether (sulfide) groups is 1. The molecule has 1 aromatic carbocycles. The lowest BCUT2D eigenvalue weighted by Crippen LogP contribution is -2.43. The molecule has 0 bridgehead atoms. The van der Waals surface area contributed by atoms with Gasteiger partial charge < -0.3 is 14.6 Å². The molecule has 0 aliphatic carbocycles. The summed E-state index contributed by atoms with van der Waals surface area (Å²) in [5.74, 6) is 2.52. The van der Waals surface area contributed by atoms with Crippen LogP contribution >= 0.6 is 11.8 Å². The van der Waals surface area contributed by atoms with Crippen molar-refractivity contribution >= 4 is 28.6 Å². The summed E-state index contributed by atoms with van der Waals surface area (Å²) in [6.45, 7) is 7.68. The van der Waals surface area contributed by atoms with Crippen LogP contribution < -0.4 is 0 Å². The first-order chi connectivity index (χ1) is 15.6. The molecule has 1 amide bonds. The molecule has 4 heterocycles. The van der Waals surface area contributed by atoms with Crippen LogP contribution in [-0.4, -0.2) is 62.1 Å². The lowest BCUT2D eigenvalue weighted by molar-refractivity contribution is -0.130. The number of benzene rings is 1. The van der Waals surface area contributed by atoms with Gasteiger partial charge in [0.25, 0.3) is 0 Å². The Balaban J connectivity index is 1.39. The summed E-state index contributed by atoms with van der Waals surface area (Å²) in [4.78, 5) is 18.3. The van der Waals surface area contributed by atoms with Gasteiger partial charge in [-0.25, -0.2) is 0 Å². The van der Waals surface area contributed by atoms with Crippen molar-refractivity contribution in [1.82, 2.24) is 24.6 Å². The molecule has 2 fully saturated rings. The predicted octanol–water partition coefficient (Wildman–Crippen LogP) is 4.20. The second kappa shape index (κ2) is 9.27. The number of aromatic nitrogens is 4. The zero-order valence-corrected chi connectivity index (χ0v) is 19.6. The maximum Gasteiger partial charge on any atom is 0.233 e. The smallest absolute Gasteiger partial charge is 0.233 e. The quantitative estimate of drug-likeness (QED) is 0.566. The summed E-state index contributed by atoms with van der Waals surface area (Å²) in [6, 6.07) is 8.22. The van der Waals surface area contributed by atoms with E-state index < -0.39 is 0 Å². The highest BCUT2D eigenvalue weighted by molar-refractivity contribution is 7.99. The van der Waals surface area contributed by atoms with E-state index in [1.807, 2.05) is 23.2 Å². The van der Waals surface area contributed by atoms with Crippen molar-refractivity contribution in [3.8, 4) is 11.4 Å². The number of piperidine rings is 1. The summed E-state index contributed by atoms with van der Waals surface area (Å²) in [5, 5.41) is 11.0. The number of nitrogens with one attached hydrogen (secondary N) is 1. The van der Waals surface area contributed by atoms with Crippen LogP contribution in [0.15, 0.2) is 35.6 Å². The molecule has 2 aliphatic rings. The molecule has 3 atom stereocenters. The van der Waals surface area contributed by atoms with E-state index in [1.165, 1.54) is 18.2 Å². The summed E-state index contributed by atoms with van der Waals surface area (Å²) >= 11 is 1.49. The molecule has 7 nitrogen and oxygen atoms in total. The lowest BCUT2D eigenvalue weighted by atomic mass is 9.92. The van der Waals surface area contributed by atoms with Gasteiger partial charge in [0.1, 0.15) is 0 Å². The van der Waals surface area contributed by atoms with E-state index in [2.05, 4.69) is 45.7 Å². The Morgan fingerprint density at radius 2 is 2.03 bits per heavy atom. The van der Waals surface area contributed by atoms with Crippen LogP contribution in [0.25, 0.3) is 22.3 Å². The summed E-state index contributed by atoms with van der Waals surface area (Å²) in [6.07, 6.45) is 5.48. The van der Waals surface area contributed by atoms with Crippen molar-refractivity contribution in [3.05, 3.63) is 30.5 Å². The van der Waals surface area contributed by atoms with Crippen LogP contribution in [0.2, 0.25) is 0 Å². The number of H-pyrrole nitrogens is 1. The van der Waals surface area contributed by atoms with Crippen LogP contribution in [-0.2, 0) is 16.1 Å². The van der Waals surface area contributed by atoms with Gasteiger partial charge in [-0.3, -0.25) is 9.36 Å². The first kappa shape index (κ1) is 21.5. The third kappa shape index (κ3) is 4.43. The number of rotatable bonds is 6. The molecule has 0 radical (unpaired) electrons. The second-order valence-corrected chi connectivity index (χ2v) is 10.3. The van der Waals surface area contributed by atoms with Gasteiger partial charge in [0.15, 0.2) is 11.0 Å². The van der Waals surface area contributed by atoms with Crippen LogP contribution in [0.5, 0.6) is 0 Å². The molecule has 2 aromatic heterocycles. The van der Waals surface area contributed by atoms with Crippen LogP contribution in [0.1, 0.15) is 33.1 Å². The van der Waals surface area contributed by atoms with Gasteiger partial charge >= 0.3 is 0 Å². The number of fused-ring (bicyclic) bond motifs is 1. The van der Waals surface area contributed by atoms with Crippen molar-refractivity contribution in [1.29, 1.82) is 0 Å². The Bertz CT molecular complexity index is 1080. The summed E-state index contributed by atoms with van der Waals surface area (Å²) in [7, 11) is 0. The van der Waals surface area contributed by atoms with Gasteiger partial charge in [0.05, 0.1) is 18.4 Å².